The van der Waals surface area contributed by atoms with Gasteiger partial charge in [-0.3, -0.25) is 0 Å². The lowest BCUT2D eigenvalue weighted by atomic mass is 9.89. The van der Waals surface area contributed by atoms with Gasteiger partial charge in [-0.05, 0) is 76.9 Å². The number of nitrogens with zero attached hydrogens (tertiary/aromatic N) is 1. The quantitative estimate of drug-likeness (QED) is 0.357. The van der Waals surface area contributed by atoms with E-state index in [1.54, 1.807) is 0 Å². The molecule has 0 spiro atoms. The van der Waals surface area contributed by atoms with Crippen LogP contribution in [0.2, 0.25) is 0 Å². The van der Waals surface area contributed by atoms with Gasteiger partial charge >= 0.3 is 0 Å². The Balaban J connectivity index is 1.63. The van der Waals surface area contributed by atoms with Crippen molar-refractivity contribution in [3.05, 3.63) is 83.6 Å². The summed E-state index contributed by atoms with van der Waals surface area (Å²) in [6.07, 6.45) is 15.7. The van der Waals surface area contributed by atoms with E-state index in [2.05, 4.69) is 79.5 Å². The molecular formula is C29H31N. The first-order chi connectivity index (χ1) is 14.8. The van der Waals surface area contributed by atoms with Crippen LogP contribution in [-0.4, -0.2) is 4.98 Å². The van der Waals surface area contributed by atoms with Crippen molar-refractivity contribution in [2.45, 2.75) is 58.8 Å². The first-order valence-electron chi connectivity index (χ1n) is 11.5. The molecule has 1 unspecified atom stereocenters. The van der Waals surface area contributed by atoms with Gasteiger partial charge < -0.3 is 0 Å². The van der Waals surface area contributed by atoms with Gasteiger partial charge in [0.15, 0.2) is 0 Å². The summed E-state index contributed by atoms with van der Waals surface area (Å²) < 4.78 is 0. The van der Waals surface area contributed by atoms with Crippen LogP contribution in [0.25, 0.3) is 28.1 Å². The topological polar surface area (TPSA) is 12.9 Å². The highest BCUT2D eigenvalue weighted by Gasteiger charge is 2.19. The van der Waals surface area contributed by atoms with Gasteiger partial charge in [0, 0.05) is 11.6 Å². The summed E-state index contributed by atoms with van der Waals surface area (Å²) in [4.78, 5) is 4.43. The normalized spacial score (nSPS) is 15.1. The van der Waals surface area contributed by atoms with Crippen LogP contribution in [0.3, 0.4) is 0 Å². The van der Waals surface area contributed by atoms with E-state index in [0.29, 0.717) is 0 Å². The average molecular weight is 394 g/mol. The smallest absolute Gasteiger partial charge is 0.121 e. The molecule has 1 aromatic heterocycles. The number of benzene rings is 1. The minimum absolute atomic E-state index is 0.854. The van der Waals surface area contributed by atoms with Gasteiger partial charge in [0.1, 0.15) is 5.52 Å². The van der Waals surface area contributed by atoms with Crippen LogP contribution in [0.4, 0.5) is 0 Å². The molecule has 0 amide bonds. The van der Waals surface area contributed by atoms with E-state index in [-0.39, 0.29) is 0 Å². The van der Waals surface area contributed by atoms with Crippen molar-refractivity contribution in [2.75, 3.05) is 0 Å². The molecule has 4 rings (SSSR count). The fourth-order valence-corrected chi connectivity index (χ4v) is 4.67. The maximum atomic E-state index is 4.43. The van der Waals surface area contributed by atoms with Crippen molar-refractivity contribution in [3.8, 4) is 0 Å². The Bertz CT molecular complexity index is 1050. The molecule has 0 saturated carbocycles. The van der Waals surface area contributed by atoms with Crippen LogP contribution in [-0.2, 0) is 0 Å². The van der Waals surface area contributed by atoms with E-state index in [0.717, 1.165) is 16.8 Å². The molecule has 1 heteroatoms. The Morgan fingerprint density at radius 1 is 0.967 bits per heavy atom. The first-order valence-corrected chi connectivity index (χ1v) is 11.5. The van der Waals surface area contributed by atoms with E-state index < -0.39 is 0 Å². The fourth-order valence-electron chi connectivity index (χ4n) is 4.67. The fraction of sp³-hybridized carbons (Fsp3) is 0.345. The third-order valence-corrected chi connectivity index (χ3v) is 6.26. The minimum atomic E-state index is 0.854. The van der Waals surface area contributed by atoms with E-state index in [1.165, 1.54) is 72.8 Å². The van der Waals surface area contributed by atoms with Gasteiger partial charge in [-0.1, -0.05) is 82.4 Å². The molecule has 0 bridgehead atoms. The largest absolute Gasteiger partial charge is 0.247 e. The molecule has 1 aliphatic carbocycles. The number of aromatic nitrogens is 1. The van der Waals surface area contributed by atoms with Crippen LogP contribution in [0.1, 0.15) is 75.5 Å². The highest BCUT2D eigenvalue weighted by molar-refractivity contribution is 6.04. The number of hydrogen-bond acceptors (Lipinski definition) is 1. The second-order valence-corrected chi connectivity index (χ2v) is 8.42. The van der Waals surface area contributed by atoms with E-state index in [9.17, 15) is 0 Å². The summed E-state index contributed by atoms with van der Waals surface area (Å²) in [5.41, 5.74) is 7.63. The van der Waals surface area contributed by atoms with Crippen molar-refractivity contribution < 1.29 is 0 Å². The SMILES string of the molecule is CCCCC(CCC)CCC1=C/C(=C\c2ccnc3c#cccc23)c2ccccc21. The average Bonchev–Trinajstić information content (AvgIpc) is 3.13. The summed E-state index contributed by atoms with van der Waals surface area (Å²) >= 11 is 0. The molecule has 0 aliphatic heterocycles. The van der Waals surface area contributed by atoms with Crippen LogP contribution in [0.15, 0.2) is 54.7 Å². The highest BCUT2D eigenvalue weighted by atomic mass is 14.6. The van der Waals surface area contributed by atoms with Crippen molar-refractivity contribution in [2.24, 2.45) is 5.92 Å². The zero-order valence-corrected chi connectivity index (χ0v) is 18.2. The number of hydrogen-bond donors (Lipinski definition) is 0. The van der Waals surface area contributed by atoms with Gasteiger partial charge in [-0.25, -0.2) is 4.98 Å². The molecule has 152 valence electrons. The summed E-state index contributed by atoms with van der Waals surface area (Å²) in [6.45, 7) is 4.62. The maximum Gasteiger partial charge on any atom is 0.121 e. The molecule has 1 aliphatic rings. The first kappa shape index (κ1) is 20.4. The second kappa shape index (κ2) is 9.77. The third kappa shape index (κ3) is 4.49. The van der Waals surface area contributed by atoms with Crippen molar-refractivity contribution >= 4 is 28.1 Å². The van der Waals surface area contributed by atoms with Crippen LogP contribution < -0.4 is 0 Å². The summed E-state index contributed by atoms with van der Waals surface area (Å²) in [5.74, 6) is 0.854. The van der Waals surface area contributed by atoms with Gasteiger partial charge in [0.2, 0.25) is 0 Å². The Labute approximate surface area is 181 Å². The summed E-state index contributed by atoms with van der Waals surface area (Å²) in [6, 6.07) is 21.1. The molecule has 2 aromatic carbocycles. The second-order valence-electron chi connectivity index (χ2n) is 8.42. The highest BCUT2D eigenvalue weighted by Crippen LogP contribution is 2.40. The van der Waals surface area contributed by atoms with Crippen molar-refractivity contribution in [3.63, 3.8) is 0 Å². The third-order valence-electron chi connectivity index (χ3n) is 6.26. The van der Waals surface area contributed by atoms with Gasteiger partial charge in [0.05, 0.1) is 0 Å². The van der Waals surface area contributed by atoms with Crippen LogP contribution >= 0.6 is 0 Å². The Morgan fingerprint density at radius 3 is 2.67 bits per heavy atom. The lowest BCUT2D eigenvalue weighted by Crippen LogP contribution is -2.00. The summed E-state index contributed by atoms with van der Waals surface area (Å²) in [5, 5.41) is 1.13. The van der Waals surface area contributed by atoms with Crippen molar-refractivity contribution in [1.29, 1.82) is 0 Å². The lowest BCUT2D eigenvalue weighted by molar-refractivity contribution is 0.407. The summed E-state index contributed by atoms with van der Waals surface area (Å²) in [7, 11) is 0. The molecule has 30 heavy (non-hydrogen) atoms. The van der Waals surface area contributed by atoms with Gasteiger partial charge in [-0.15, -0.1) is 0 Å². The standard InChI is InChI=1S/C29H31N/c1-3-5-11-22(10-4-2)16-17-23-20-25(27-13-7-6-12-26(23)27)21-24-18-19-30-29-15-9-8-14-28(24)29/h6-8,12-14,18-22H,3-5,10-11,16-17H2,1-2H3/b25-21+. The predicted molar refractivity (Wildman–Crippen MR) is 129 cm³/mol. The number of unbranched alkanes of at least 4 members (excludes halogenated alkanes) is 1. The molecule has 0 N–H and O–H groups in total. The zero-order chi connectivity index (χ0) is 20.8. The molecular weight excluding hydrogens is 362 g/mol. The lowest BCUT2D eigenvalue weighted by Gasteiger charge is -2.16. The van der Waals surface area contributed by atoms with Crippen LogP contribution in [0, 0.1) is 18.1 Å². The van der Waals surface area contributed by atoms with Crippen molar-refractivity contribution in [1.82, 2.24) is 4.98 Å². The number of fused-ring (bicyclic) bond motifs is 2. The number of pyridine rings is 1. The van der Waals surface area contributed by atoms with Gasteiger partial charge in [0.25, 0.3) is 0 Å². The Morgan fingerprint density at radius 2 is 1.83 bits per heavy atom. The monoisotopic (exact) mass is 393 g/mol. The minimum Gasteiger partial charge on any atom is -0.247 e. The number of rotatable bonds is 9. The van der Waals surface area contributed by atoms with Gasteiger partial charge in [-0.2, -0.15) is 0 Å². The zero-order valence-electron chi connectivity index (χ0n) is 18.2. The molecule has 1 heterocycles. The molecule has 0 fully saturated rings. The predicted octanol–water partition coefficient (Wildman–Crippen LogP) is 8.16. The molecule has 1 nitrogen and oxygen atoms in total. The maximum absolute atomic E-state index is 4.43. The molecule has 3 aromatic rings. The molecule has 1 atom stereocenters. The van der Waals surface area contributed by atoms with E-state index >= 15 is 0 Å². The molecule has 0 radical (unpaired) electrons. The van der Waals surface area contributed by atoms with E-state index in [1.807, 2.05) is 12.3 Å². The molecule has 0 saturated heterocycles. The number of allylic oxidation sites excluding steroid dienone is 3. The van der Waals surface area contributed by atoms with Crippen LogP contribution in [0.5, 0.6) is 0 Å². The van der Waals surface area contributed by atoms with E-state index in [4.69, 9.17) is 0 Å². The Hall–Kier alpha value is -2.85. The Kier molecular flexibility index (Phi) is 6.65.